The zero-order chi connectivity index (χ0) is 20.6. The molecule has 152 valence electrons. The van der Waals surface area contributed by atoms with Gasteiger partial charge in [-0.25, -0.2) is 0 Å². The van der Waals surface area contributed by atoms with E-state index in [2.05, 4.69) is 5.32 Å². The monoisotopic (exact) mass is 461 g/mol. The highest BCUT2D eigenvalue weighted by Gasteiger charge is 2.23. The van der Waals surface area contributed by atoms with E-state index < -0.39 is 7.60 Å². The van der Waals surface area contributed by atoms with E-state index >= 15 is 0 Å². The van der Waals surface area contributed by atoms with Crippen molar-refractivity contribution in [2.75, 3.05) is 24.3 Å². The van der Waals surface area contributed by atoms with Gasteiger partial charge >= 0.3 is 7.60 Å². The first kappa shape index (κ1) is 23.3. The van der Waals surface area contributed by atoms with Gasteiger partial charge < -0.3 is 14.4 Å². The van der Waals surface area contributed by atoms with Crippen molar-refractivity contribution in [1.82, 2.24) is 0 Å². The van der Waals surface area contributed by atoms with Crippen LogP contribution in [0, 0.1) is 0 Å². The number of thioether (sulfide) groups is 1. The number of carbonyl (C=O) groups excluding carboxylic acids is 1. The number of anilines is 1. The van der Waals surface area contributed by atoms with Crippen LogP contribution in [0.1, 0.15) is 19.4 Å². The van der Waals surface area contributed by atoms with Crippen molar-refractivity contribution < 1.29 is 18.4 Å². The Morgan fingerprint density at radius 2 is 1.71 bits per heavy atom. The lowest BCUT2D eigenvalue weighted by molar-refractivity contribution is -0.113. The largest absolute Gasteiger partial charge is 0.335 e. The van der Waals surface area contributed by atoms with Gasteiger partial charge in [-0.15, -0.1) is 11.8 Å². The molecule has 2 aromatic carbocycles. The maximum Gasteiger partial charge on any atom is 0.335 e. The van der Waals surface area contributed by atoms with Crippen LogP contribution >= 0.6 is 42.6 Å². The van der Waals surface area contributed by atoms with Crippen molar-refractivity contribution in [3.05, 3.63) is 58.1 Å². The summed E-state index contributed by atoms with van der Waals surface area (Å²) >= 11 is 13.4. The normalized spacial score (nSPS) is 11.4. The molecule has 28 heavy (non-hydrogen) atoms. The maximum atomic E-state index is 12.6. The lowest BCUT2D eigenvalue weighted by atomic mass is 10.2. The molecule has 0 unspecified atom stereocenters. The van der Waals surface area contributed by atoms with Crippen molar-refractivity contribution in [2.24, 2.45) is 0 Å². The maximum absolute atomic E-state index is 12.6. The van der Waals surface area contributed by atoms with E-state index in [0.29, 0.717) is 28.9 Å². The summed E-state index contributed by atoms with van der Waals surface area (Å²) in [5.41, 5.74) is 1.46. The molecule has 0 aliphatic heterocycles. The summed E-state index contributed by atoms with van der Waals surface area (Å²) in [6.45, 7) is 4.19. The Morgan fingerprint density at radius 1 is 1.07 bits per heavy atom. The average Bonchev–Trinajstić information content (AvgIpc) is 2.64. The Kier molecular flexibility index (Phi) is 9.35. The van der Waals surface area contributed by atoms with Crippen LogP contribution in [-0.4, -0.2) is 24.9 Å². The van der Waals surface area contributed by atoms with Gasteiger partial charge in [-0.05, 0) is 49.7 Å². The number of hydrogen-bond donors (Lipinski definition) is 1. The molecule has 2 aromatic rings. The van der Waals surface area contributed by atoms with Gasteiger partial charge in [-0.1, -0.05) is 35.3 Å². The van der Waals surface area contributed by atoms with Gasteiger partial charge in [0, 0.05) is 15.6 Å². The average molecular weight is 462 g/mol. The van der Waals surface area contributed by atoms with Crippen molar-refractivity contribution in [2.45, 2.75) is 24.9 Å². The van der Waals surface area contributed by atoms with Crippen LogP contribution < -0.4 is 5.32 Å². The van der Waals surface area contributed by atoms with E-state index in [4.69, 9.17) is 32.2 Å². The van der Waals surface area contributed by atoms with Crippen molar-refractivity contribution in [3.63, 3.8) is 0 Å². The topological polar surface area (TPSA) is 64.6 Å². The molecule has 0 aliphatic carbocycles. The number of nitrogens with one attached hydrogen (secondary N) is 1. The predicted molar refractivity (Wildman–Crippen MR) is 117 cm³/mol. The summed E-state index contributed by atoms with van der Waals surface area (Å²) in [6, 6.07) is 12.2. The molecule has 9 heteroatoms. The van der Waals surface area contributed by atoms with Crippen LogP contribution in [0.5, 0.6) is 0 Å². The lowest BCUT2D eigenvalue weighted by Gasteiger charge is -2.17. The van der Waals surface area contributed by atoms with Gasteiger partial charge in [0.15, 0.2) is 0 Å². The summed E-state index contributed by atoms with van der Waals surface area (Å²) in [7, 11) is -3.15. The van der Waals surface area contributed by atoms with Crippen LogP contribution in [0.15, 0.2) is 47.4 Å². The molecule has 0 atom stereocenters. The molecule has 2 rings (SSSR count). The summed E-state index contributed by atoms with van der Waals surface area (Å²) in [5, 5.41) is 3.94. The van der Waals surface area contributed by atoms with Crippen LogP contribution in [0.3, 0.4) is 0 Å². The van der Waals surface area contributed by atoms with Gasteiger partial charge in [0.05, 0.1) is 30.2 Å². The van der Waals surface area contributed by atoms with Crippen LogP contribution in [0.25, 0.3) is 0 Å². The first-order chi connectivity index (χ1) is 13.3. The molecule has 5 nitrogen and oxygen atoms in total. The molecule has 0 spiro atoms. The van der Waals surface area contributed by atoms with Crippen LogP contribution in [-0.2, 0) is 24.6 Å². The van der Waals surface area contributed by atoms with Crippen molar-refractivity contribution in [1.29, 1.82) is 0 Å². The molecule has 0 bridgehead atoms. The number of halogens is 2. The van der Waals surface area contributed by atoms with E-state index in [1.807, 2.05) is 0 Å². The zero-order valence-electron chi connectivity index (χ0n) is 15.6. The molecule has 0 aromatic heterocycles. The Labute approximate surface area is 179 Å². The van der Waals surface area contributed by atoms with Gasteiger partial charge in [0.2, 0.25) is 5.91 Å². The number of benzene rings is 2. The highest BCUT2D eigenvalue weighted by Crippen LogP contribution is 2.51. The third kappa shape index (κ3) is 7.43. The van der Waals surface area contributed by atoms with Crippen molar-refractivity contribution in [3.8, 4) is 0 Å². The second-order valence-electron chi connectivity index (χ2n) is 5.71. The summed E-state index contributed by atoms with van der Waals surface area (Å²) in [4.78, 5) is 12.9. The molecule has 0 aliphatic rings. The second kappa shape index (κ2) is 11.2. The van der Waals surface area contributed by atoms with Gasteiger partial charge in [0.1, 0.15) is 0 Å². The van der Waals surface area contributed by atoms with E-state index in [9.17, 15) is 9.36 Å². The zero-order valence-corrected chi connectivity index (χ0v) is 18.8. The van der Waals surface area contributed by atoms with Gasteiger partial charge in [-0.3, -0.25) is 9.36 Å². The molecular formula is C19H22Cl2NO4PS. The smallest absolute Gasteiger partial charge is 0.325 e. The minimum atomic E-state index is -3.15. The SMILES string of the molecule is CCOP(=O)(Cc1ccc(NC(=O)CSc2cc(Cl)ccc2Cl)cc1)OCC. The van der Waals surface area contributed by atoms with E-state index in [0.717, 1.165) is 10.5 Å². The Bertz CT molecular complexity index is 838. The van der Waals surface area contributed by atoms with Crippen LogP contribution in [0.2, 0.25) is 10.0 Å². The fraction of sp³-hybridized carbons (Fsp3) is 0.316. The standard InChI is InChI=1S/C19H22Cl2NO4PS/c1-3-25-27(24,26-4-2)12-14-5-8-16(9-6-14)22-19(23)13-28-18-11-15(20)7-10-17(18)21/h5-11H,3-4,12-13H2,1-2H3,(H,22,23). The highest BCUT2D eigenvalue weighted by molar-refractivity contribution is 8.00. The van der Waals surface area contributed by atoms with Gasteiger partial charge in [0.25, 0.3) is 0 Å². The number of amides is 1. The summed E-state index contributed by atoms with van der Waals surface area (Å²) in [6.07, 6.45) is 0.187. The third-order valence-corrected chi connectivity index (χ3v) is 7.31. The molecule has 0 heterocycles. The number of carbonyl (C=O) groups is 1. The van der Waals surface area contributed by atoms with E-state index in [-0.39, 0.29) is 17.8 Å². The molecule has 1 amide bonds. The predicted octanol–water partition coefficient (Wildman–Crippen LogP) is 6.49. The summed E-state index contributed by atoms with van der Waals surface area (Å²) < 4.78 is 23.2. The Balaban J connectivity index is 1.91. The quantitative estimate of drug-likeness (QED) is 0.323. The number of rotatable bonds is 10. The minimum absolute atomic E-state index is 0.164. The highest BCUT2D eigenvalue weighted by atomic mass is 35.5. The molecule has 0 saturated carbocycles. The minimum Gasteiger partial charge on any atom is -0.325 e. The second-order valence-corrected chi connectivity index (χ2v) is 9.63. The fourth-order valence-electron chi connectivity index (χ4n) is 2.37. The summed E-state index contributed by atoms with van der Waals surface area (Å²) in [5.74, 6) is 0.0363. The first-order valence-electron chi connectivity index (χ1n) is 8.70. The fourth-order valence-corrected chi connectivity index (χ4v) is 5.36. The molecule has 0 radical (unpaired) electrons. The van der Waals surface area contributed by atoms with Gasteiger partial charge in [-0.2, -0.15) is 0 Å². The van der Waals surface area contributed by atoms with E-state index in [1.54, 1.807) is 56.3 Å². The third-order valence-electron chi connectivity index (χ3n) is 3.52. The Hall–Kier alpha value is -1.01. The Morgan fingerprint density at radius 3 is 2.32 bits per heavy atom. The van der Waals surface area contributed by atoms with Crippen LogP contribution in [0.4, 0.5) is 5.69 Å². The molecular weight excluding hydrogens is 440 g/mol. The van der Waals surface area contributed by atoms with Crippen molar-refractivity contribution >= 4 is 54.2 Å². The molecule has 1 N–H and O–H groups in total. The number of hydrogen-bond acceptors (Lipinski definition) is 5. The first-order valence-corrected chi connectivity index (χ1v) is 12.2. The molecule has 0 saturated heterocycles. The van der Waals surface area contributed by atoms with E-state index in [1.165, 1.54) is 11.8 Å². The molecule has 0 fully saturated rings. The lowest BCUT2D eigenvalue weighted by Crippen LogP contribution is -2.14.